The number of hydrogen-bond acceptors (Lipinski definition) is 3. The van der Waals surface area contributed by atoms with Crippen molar-refractivity contribution in [3.8, 4) is 17.6 Å². The second-order valence-electron chi connectivity index (χ2n) is 6.08. The highest BCUT2D eigenvalue weighted by molar-refractivity contribution is 6.30. The Morgan fingerprint density at radius 3 is 2.63 bits per heavy atom. The third kappa shape index (κ3) is 4.36. The molecular weight excluding hydrogens is 367 g/mol. The van der Waals surface area contributed by atoms with Crippen molar-refractivity contribution in [3.05, 3.63) is 92.1 Å². The van der Waals surface area contributed by atoms with Gasteiger partial charge in [-0.15, -0.1) is 0 Å². The molecule has 1 aromatic heterocycles. The molecule has 1 N–H and O–H groups in total. The Balaban J connectivity index is 1.93. The molecule has 3 aromatic rings. The van der Waals surface area contributed by atoms with Crippen LogP contribution in [0.25, 0.3) is 0 Å². The highest BCUT2D eigenvalue weighted by Crippen LogP contribution is 2.30. The van der Waals surface area contributed by atoms with Crippen LogP contribution in [0, 0.1) is 24.1 Å². The van der Waals surface area contributed by atoms with E-state index in [0.29, 0.717) is 12.8 Å². The third-order valence-corrected chi connectivity index (χ3v) is 4.35. The van der Waals surface area contributed by atoms with Gasteiger partial charge in [-0.2, -0.15) is 5.26 Å². The Morgan fingerprint density at radius 1 is 1.19 bits per heavy atom. The number of nitrogens with zero attached hydrogens (tertiary/aromatic N) is 1. The highest BCUT2D eigenvalue weighted by Gasteiger charge is 2.18. The van der Waals surface area contributed by atoms with Crippen molar-refractivity contribution in [2.75, 3.05) is 0 Å². The lowest BCUT2D eigenvalue weighted by Gasteiger charge is -2.13. The van der Waals surface area contributed by atoms with Gasteiger partial charge in [-0.25, -0.2) is 4.39 Å². The maximum Gasteiger partial charge on any atom is 0.255 e. The molecular formula is C21H16ClFN2O2. The molecule has 0 saturated heterocycles. The predicted molar refractivity (Wildman–Crippen MR) is 102 cm³/mol. The van der Waals surface area contributed by atoms with Crippen molar-refractivity contribution < 1.29 is 9.13 Å². The molecule has 0 amide bonds. The average Bonchev–Trinajstić information content (AvgIpc) is 2.67. The van der Waals surface area contributed by atoms with Crippen LogP contribution in [0.15, 0.2) is 53.3 Å². The van der Waals surface area contributed by atoms with Crippen LogP contribution < -0.4 is 10.3 Å². The van der Waals surface area contributed by atoms with Crippen molar-refractivity contribution in [1.82, 2.24) is 4.98 Å². The number of pyridine rings is 1. The molecule has 0 saturated carbocycles. The summed E-state index contributed by atoms with van der Waals surface area (Å²) in [6, 6.07) is 15.9. The molecule has 1 heterocycles. The van der Waals surface area contributed by atoms with Gasteiger partial charge in [0.05, 0.1) is 22.9 Å². The van der Waals surface area contributed by atoms with Crippen LogP contribution in [0.1, 0.15) is 22.4 Å². The number of H-pyrrole nitrogens is 1. The summed E-state index contributed by atoms with van der Waals surface area (Å²) in [4.78, 5) is 14.8. The Morgan fingerprint density at radius 2 is 1.93 bits per heavy atom. The van der Waals surface area contributed by atoms with Gasteiger partial charge in [-0.1, -0.05) is 41.9 Å². The van der Waals surface area contributed by atoms with Crippen LogP contribution >= 0.6 is 11.6 Å². The van der Waals surface area contributed by atoms with Gasteiger partial charge in [-0.05, 0) is 43.5 Å². The summed E-state index contributed by atoms with van der Waals surface area (Å²) in [5.41, 5.74) is 1.19. The number of nitriles is 1. The number of aromatic nitrogens is 1. The fraction of sp³-hybridized carbons (Fsp3) is 0.143. The zero-order valence-electron chi connectivity index (χ0n) is 14.6. The zero-order valence-corrected chi connectivity index (χ0v) is 15.3. The van der Waals surface area contributed by atoms with Crippen molar-refractivity contribution in [1.29, 1.82) is 5.26 Å². The Labute approximate surface area is 160 Å². The first kappa shape index (κ1) is 18.7. The van der Waals surface area contributed by atoms with Crippen LogP contribution in [0.4, 0.5) is 4.39 Å². The molecule has 0 radical (unpaired) electrons. The molecule has 4 nitrogen and oxygen atoms in total. The summed E-state index contributed by atoms with van der Waals surface area (Å²) >= 11 is 5.96. The predicted octanol–water partition coefficient (Wildman–Crippen LogP) is 4.93. The van der Waals surface area contributed by atoms with E-state index < -0.39 is 11.4 Å². The molecule has 0 aliphatic carbocycles. The summed E-state index contributed by atoms with van der Waals surface area (Å²) in [5, 5.41) is 9.32. The Hall–Kier alpha value is -3.10. The standard InChI is InChI=1S/C21H16ClFN2O2/c1-13-20(27-17-10-15(12-24)9-16(22)11-17)19(23)18(25-21(13)26)8-7-14-5-3-2-4-6-14/h2-6,9-11H,7-8H2,1H3,(H,25,26). The number of benzene rings is 2. The number of aryl methyl sites for hydroxylation is 2. The highest BCUT2D eigenvalue weighted by atomic mass is 35.5. The second kappa shape index (κ2) is 8.07. The van der Waals surface area contributed by atoms with Crippen molar-refractivity contribution in [2.24, 2.45) is 0 Å². The first-order chi connectivity index (χ1) is 13.0. The van der Waals surface area contributed by atoms with E-state index in [1.165, 1.54) is 25.1 Å². The van der Waals surface area contributed by atoms with Gasteiger partial charge in [-0.3, -0.25) is 4.79 Å². The van der Waals surface area contributed by atoms with Gasteiger partial charge in [0.25, 0.3) is 5.56 Å². The van der Waals surface area contributed by atoms with Gasteiger partial charge < -0.3 is 9.72 Å². The van der Waals surface area contributed by atoms with E-state index in [2.05, 4.69) is 4.98 Å². The average molecular weight is 383 g/mol. The molecule has 0 fully saturated rings. The summed E-state index contributed by atoms with van der Waals surface area (Å²) < 4.78 is 20.6. The molecule has 27 heavy (non-hydrogen) atoms. The number of ether oxygens (including phenoxy) is 1. The van der Waals surface area contributed by atoms with Gasteiger partial charge >= 0.3 is 0 Å². The molecule has 0 unspecified atom stereocenters. The summed E-state index contributed by atoms with van der Waals surface area (Å²) in [7, 11) is 0. The minimum atomic E-state index is -0.624. The quantitative estimate of drug-likeness (QED) is 0.680. The number of nitrogens with one attached hydrogen (secondary N) is 1. The fourth-order valence-electron chi connectivity index (χ4n) is 2.70. The molecule has 136 valence electrons. The van der Waals surface area contributed by atoms with E-state index in [0.717, 1.165) is 5.56 Å². The van der Waals surface area contributed by atoms with Crippen molar-refractivity contribution in [2.45, 2.75) is 19.8 Å². The second-order valence-corrected chi connectivity index (χ2v) is 6.51. The summed E-state index contributed by atoms with van der Waals surface area (Å²) in [5.74, 6) is -0.588. The number of hydrogen-bond donors (Lipinski definition) is 1. The van der Waals surface area contributed by atoms with Crippen LogP contribution in [0.3, 0.4) is 0 Å². The van der Waals surface area contributed by atoms with Crippen LogP contribution in [-0.2, 0) is 12.8 Å². The monoisotopic (exact) mass is 382 g/mol. The SMILES string of the molecule is Cc1c(Oc2cc(Cl)cc(C#N)c2)c(F)c(CCc2ccccc2)[nH]c1=O. The van der Waals surface area contributed by atoms with E-state index in [1.807, 2.05) is 36.4 Å². The number of halogens is 2. The first-order valence-corrected chi connectivity index (χ1v) is 8.69. The van der Waals surface area contributed by atoms with Crippen LogP contribution in [-0.4, -0.2) is 4.98 Å². The molecule has 0 bridgehead atoms. The van der Waals surface area contributed by atoms with E-state index in [4.69, 9.17) is 21.6 Å². The zero-order chi connectivity index (χ0) is 19.4. The van der Waals surface area contributed by atoms with Crippen LogP contribution in [0.2, 0.25) is 5.02 Å². The van der Waals surface area contributed by atoms with Crippen molar-refractivity contribution >= 4 is 11.6 Å². The fourth-order valence-corrected chi connectivity index (χ4v) is 2.93. The molecule has 0 atom stereocenters. The molecule has 3 rings (SSSR count). The largest absolute Gasteiger partial charge is 0.454 e. The lowest BCUT2D eigenvalue weighted by atomic mass is 10.1. The normalized spacial score (nSPS) is 10.4. The van der Waals surface area contributed by atoms with Gasteiger partial charge in [0.1, 0.15) is 5.75 Å². The molecule has 0 aliphatic heterocycles. The molecule has 0 spiro atoms. The molecule has 2 aromatic carbocycles. The Kier molecular flexibility index (Phi) is 5.58. The van der Waals surface area contributed by atoms with E-state index in [1.54, 1.807) is 0 Å². The van der Waals surface area contributed by atoms with E-state index in [9.17, 15) is 9.18 Å². The first-order valence-electron chi connectivity index (χ1n) is 8.31. The lowest BCUT2D eigenvalue weighted by molar-refractivity contribution is 0.430. The van der Waals surface area contributed by atoms with E-state index >= 15 is 0 Å². The smallest absolute Gasteiger partial charge is 0.255 e. The minimum absolute atomic E-state index is 0.120. The minimum Gasteiger partial charge on any atom is -0.454 e. The van der Waals surface area contributed by atoms with Gasteiger partial charge in [0.15, 0.2) is 11.6 Å². The van der Waals surface area contributed by atoms with Gasteiger partial charge in [0.2, 0.25) is 0 Å². The number of rotatable bonds is 5. The van der Waals surface area contributed by atoms with Crippen molar-refractivity contribution in [3.63, 3.8) is 0 Å². The van der Waals surface area contributed by atoms with Gasteiger partial charge in [0, 0.05) is 5.02 Å². The van der Waals surface area contributed by atoms with Crippen LogP contribution in [0.5, 0.6) is 11.5 Å². The van der Waals surface area contributed by atoms with E-state index in [-0.39, 0.29) is 33.3 Å². The summed E-state index contributed by atoms with van der Waals surface area (Å²) in [6.07, 6.45) is 0.896. The molecule has 6 heteroatoms. The lowest BCUT2D eigenvalue weighted by Crippen LogP contribution is -2.16. The maximum absolute atomic E-state index is 15.0. The topological polar surface area (TPSA) is 65.9 Å². The third-order valence-electron chi connectivity index (χ3n) is 4.14. The maximum atomic E-state index is 15.0. The number of aromatic amines is 1. The Bertz CT molecular complexity index is 1070. The molecule has 0 aliphatic rings. The summed E-state index contributed by atoms with van der Waals surface area (Å²) in [6.45, 7) is 1.48.